The van der Waals surface area contributed by atoms with Crippen molar-refractivity contribution < 1.29 is 19.4 Å². The SMILES string of the molecule is CC(=O)C1=CC(=O)[C@@H](C(C)C)OC1(C)O. The number of ether oxygens (including phenoxy) is 1. The highest BCUT2D eigenvalue weighted by Gasteiger charge is 2.41. The minimum atomic E-state index is -1.66. The molecule has 1 aliphatic heterocycles. The lowest BCUT2D eigenvalue weighted by Gasteiger charge is -2.35. The molecule has 4 heteroatoms. The van der Waals surface area contributed by atoms with Gasteiger partial charge in [0.1, 0.15) is 6.10 Å². The normalized spacial score (nSPS) is 31.7. The first kappa shape index (κ1) is 12.1. The Bertz CT molecular complexity index is 325. The second kappa shape index (κ2) is 3.87. The Morgan fingerprint density at radius 2 is 2.13 bits per heavy atom. The second-order valence-corrected chi connectivity index (χ2v) is 4.28. The molecule has 84 valence electrons. The topological polar surface area (TPSA) is 63.6 Å². The molecule has 0 saturated carbocycles. The summed E-state index contributed by atoms with van der Waals surface area (Å²) >= 11 is 0. The highest BCUT2D eigenvalue weighted by molar-refractivity contribution is 6.05. The Balaban J connectivity index is 3.09. The quantitative estimate of drug-likeness (QED) is 0.736. The van der Waals surface area contributed by atoms with Crippen molar-refractivity contribution in [1.82, 2.24) is 0 Å². The van der Waals surface area contributed by atoms with Crippen molar-refractivity contribution in [3.05, 3.63) is 11.6 Å². The van der Waals surface area contributed by atoms with E-state index in [2.05, 4.69) is 0 Å². The van der Waals surface area contributed by atoms with Crippen LogP contribution in [0.3, 0.4) is 0 Å². The van der Waals surface area contributed by atoms with Crippen molar-refractivity contribution >= 4 is 11.6 Å². The smallest absolute Gasteiger partial charge is 0.193 e. The molecule has 1 N–H and O–H groups in total. The summed E-state index contributed by atoms with van der Waals surface area (Å²) in [6.07, 6.45) is 0.513. The molecule has 0 aromatic carbocycles. The van der Waals surface area contributed by atoms with Crippen LogP contribution in [0.4, 0.5) is 0 Å². The predicted octanol–water partition coefficient (Wildman–Crippen LogP) is 0.834. The lowest BCUT2D eigenvalue weighted by atomic mass is 9.92. The largest absolute Gasteiger partial charge is 0.362 e. The van der Waals surface area contributed by atoms with E-state index in [1.54, 1.807) is 0 Å². The van der Waals surface area contributed by atoms with Gasteiger partial charge in [-0.3, -0.25) is 9.59 Å². The minimum Gasteiger partial charge on any atom is -0.362 e. The Morgan fingerprint density at radius 1 is 1.60 bits per heavy atom. The van der Waals surface area contributed by atoms with Gasteiger partial charge in [-0.1, -0.05) is 13.8 Å². The van der Waals surface area contributed by atoms with Crippen LogP contribution in [-0.4, -0.2) is 28.6 Å². The van der Waals surface area contributed by atoms with E-state index in [0.717, 1.165) is 0 Å². The predicted molar refractivity (Wildman–Crippen MR) is 54.1 cm³/mol. The van der Waals surface area contributed by atoms with Crippen LogP contribution in [-0.2, 0) is 14.3 Å². The first-order valence-electron chi connectivity index (χ1n) is 4.93. The van der Waals surface area contributed by atoms with Gasteiger partial charge in [0.2, 0.25) is 0 Å². The van der Waals surface area contributed by atoms with Crippen molar-refractivity contribution in [3.63, 3.8) is 0 Å². The standard InChI is InChI=1S/C11H16O4/c1-6(2)10-9(13)5-8(7(3)12)11(4,14)15-10/h5-6,10,14H,1-4H3/t10-,11?/m1/s1. The monoisotopic (exact) mass is 212 g/mol. The van der Waals surface area contributed by atoms with E-state index >= 15 is 0 Å². The molecule has 0 bridgehead atoms. The van der Waals surface area contributed by atoms with Crippen LogP contribution < -0.4 is 0 Å². The van der Waals surface area contributed by atoms with Gasteiger partial charge in [0.15, 0.2) is 17.4 Å². The summed E-state index contributed by atoms with van der Waals surface area (Å²) in [6, 6.07) is 0. The number of rotatable bonds is 2. The molecule has 0 amide bonds. The van der Waals surface area contributed by atoms with Crippen molar-refractivity contribution in [1.29, 1.82) is 0 Å². The van der Waals surface area contributed by atoms with Gasteiger partial charge < -0.3 is 9.84 Å². The molecule has 4 nitrogen and oxygen atoms in total. The molecule has 1 rings (SSSR count). The van der Waals surface area contributed by atoms with Gasteiger partial charge >= 0.3 is 0 Å². The van der Waals surface area contributed by atoms with E-state index in [9.17, 15) is 14.7 Å². The molecular weight excluding hydrogens is 196 g/mol. The minimum absolute atomic E-state index is 0.0180. The lowest BCUT2D eigenvalue weighted by molar-refractivity contribution is -0.207. The molecule has 1 aliphatic rings. The molecule has 15 heavy (non-hydrogen) atoms. The van der Waals surface area contributed by atoms with E-state index in [1.165, 1.54) is 19.9 Å². The zero-order chi connectivity index (χ0) is 11.8. The second-order valence-electron chi connectivity index (χ2n) is 4.28. The molecule has 0 fully saturated rings. The first-order valence-corrected chi connectivity index (χ1v) is 4.93. The van der Waals surface area contributed by atoms with Gasteiger partial charge in [-0.2, -0.15) is 0 Å². The van der Waals surface area contributed by atoms with Crippen molar-refractivity contribution in [3.8, 4) is 0 Å². The van der Waals surface area contributed by atoms with Crippen LogP contribution in [0.5, 0.6) is 0 Å². The van der Waals surface area contributed by atoms with Crippen molar-refractivity contribution in [2.75, 3.05) is 0 Å². The summed E-state index contributed by atoms with van der Waals surface area (Å²) in [4.78, 5) is 22.7. The summed E-state index contributed by atoms with van der Waals surface area (Å²) < 4.78 is 5.24. The third-order valence-corrected chi connectivity index (χ3v) is 2.41. The van der Waals surface area contributed by atoms with Gasteiger partial charge in [0, 0.05) is 0 Å². The van der Waals surface area contributed by atoms with E-state index in [4.69, 9.17) is 4.74 Å². The molecule has 1 unspecified atom stereocenters. The molecule has 0 aliphatic carbocycles. The van der Waals surface area contributed by atoms with Gasteiger partial charge in [-0.25, -0.2) is 0 Å². The number of hydrogen-bond donors (Lipinski definition) is 1. The number of carbonyl (C=O) groups excluding carboxylic acids is 2. The summed E-state index contributed by atoms with van der Waals surface area (Å²) in [7, 11) is 0. The molecule has 0 saturated heterocycles. The van der Waals surface area contributed by atoms with Crippen LogP contribution >= 0.6 is 0 Å². The van der Waals surface area contributed by atoms with Gasteiger partial charge in [0.05, 0.1) is 5.57 Å². The molecule has 0 aromatic heterocycles. The van der Waals surface area contributed by atoms with Crippen LogP contribution in [0.15, 0.2) is 11.6 Å². The lowest BCUT2D eigenvalue weighted by Crippen LogP contribution is -2.46. The first-order chi connectivity index (χ1) is 6.75. The molecule has 0 radical (unpaired) electrons. The highest BCUT2D eigenvalue weighted by atomic mass is 16.6. The zero-order valence-electron chi connectivity index (χ0n) is 9.40. The van der Waals surface area contributed by atoms with Gasteiger partial charge in [0.25, 0.3) is 0 Å². The van der Waals surface area contributed by atoms with Gasteiger partial charge in [-0.05, 0) is 25.8 Å². The average molecular weight is 212 g/mol. The number of hydrogen-bond acceptors (Lipinski definition) is 4. The summed E-state index contributed by atoms with van der Waals surface area (Å²) in [5.74, 6) is -2.31. The maximum absolute atomic E-state index is 11.6. The Hall–Kier alpha value is -1.00. The molecule has 0 aromatic rings. The Labute approximate surface area is 88.9 Å². The van der Waals surface area contributed by atoms with Crippen LogP contribution in [0.1, 0.15) is 27.7 Å². The van der Waals surface area contributed by atoms with Gasteiger partial charge in [-0.15, -0.1) is 0 Å². The zero-order valence-corrected chi connectivity index (χ0v) is 9.40. The molecule has 0 spiro atoms. The maximum Gasteiger partial charge on any atom is 0.193 e. The number of Topliss-reactive ketones (excluding diaryl/α,β-unsaturated/α-hetero) is 1. The Kier molecular flexibility index (Phi) is 3.11. The van der Waals surface area contributed by atoms with Crippen molar-refractivity contribution in [2.45, 2.75) is 39.6 Å². The summed E-state index contributed by atoms with van der Waals surface area (Å²) in [5, 5.41) is 9.88. The van der Waals surface area contributed by atoms with E-state index in [-0.39, 0.29) is 23.1 Å². The van der Waals surface area contributed by atoms with E-state index in [1.807, 2.05) is 13.8 Å². The number of carbonyl (C=O) groups is 2. The van der Waals surface area contributed by atoms with Crippen molar-refractivity contribution in [2.24, 2.45) is 5.92 Å². The van der Waals surface area contributed by atoms with E-state index in [0.29, 0.717) is 0 Å². The highest BCUT2D eigenvalue weighted by Crippen LogP contribution is 2.28. The van der Waals surface area contributed by atoms with E-state index < -0.39 is 11.9 Å². The number of aliphatic hydroxyl groups is 1. The molecule has 2 atom stereocenters. The average Bonchev–Trinajstić information content (AvgIpc) is 2.07. The third kappa shape index (κ3) is 2.33. The summed E-state index contributed by atoms with van der Waals surface area (Å²) in [5.41, 5.74) is 0.0180. The molecular formula is C11H16O4. The molecule has 1 heterocycles. The fourth-order valence-electron chi connectivity index (χ4n) is 1.62. The fraction of sp³-hybridized carbons (Fsp3) is 0.636. The van der Waals surface area contributed by atoms with Crippen LogP contribution in [0, 0.1) is 5.92 Å². The van der Waals surface area contributed by atoms with Crippen LogP contribution in [0.25, 0.3) is 0 Å². The maximum atomic E-state index is 11.6. The summed E-state index contributed by atoms with van der Waals surface area (Å²) in [6.45, 7) is 6.32. The van der Waals surface area contributed by atoms with Crippen LogP contribution in [0.2, 0.25) is 0 Å². The third-order valence-electron chi connectivity index (χ3n) is 2.41. The Morgan fingerprint density at radius 3 is 2.53 bits per heavy atom. The number of ketones is 2. The fourth-order valence-corrected chi connectivity index (χ4v) is 1.62.